The minimum atomic E-state index is -0.00133. The lowest BCUT2D eigenvalue weighted by Gasteiger charge is -2.45. The third-order valence-corrected chi connectivity index (χ3v) is 5.38. The third-order valence-electron chi connectivity index (χ3n) is 5.38. The van der Waals surface area contributed by atoms with Crippen LogP contribution in [0.3, 0.4) is 0 Å². The summed E-state index contributed by atoms with van der Waals surface area (Å²) in [6.07, 6.45) is 4.23. The Labute approximate surface area is 127 Å². The van der Waals surface area contributed by atoms with Gasteiger partial charge < -0.3 is 9.47 Å². The van der Waals surface area contributed by atoms with Crippen LogP contribution in [0.1, 0.15) is 32.6 Å². The largest absolute Gasteiger partial charge is 0.378 e. The molecule has 0 N–H and O–H groups in total. The Morgan fingerprint density at radius 1 is 1.29 bits per heavy atom. The van der Waals surface area contributed by atoms with Gasteiger partial charge in [0.1, 0.15) is 0 Å². The lowest BCUT2D eigenvalue weighted by Crippen LogP contribution is -2.56. The van der Waals surface area contributed by atoms with E-state index in [4.69, 9.17) is 9.47 Å². The van der Waals surface area contributed by atoms with Gasteiger partial charge in [0.05, 0.1) is 24.3 Å². The van der Waals surface area contributed by atoms with Crippen molar-refractivity contribution in [3.8, 4) is 6.07 Å². The van der Waals surface area contributed by atoms with Gasteiger partial charge in [0.15, 0.2) is 0 Å². The van der Waals surface area contributed by atoms with Crippen LogP contribution in [-0.2, 0) is 9.47 Å². The van der Waals surface area contributed by atoms with Gasteiger partial charge in [-0.3, -0.25) is 9.80 Å². The first-order chi connectivity index (χ1) is 10.3. The van der Waals surface area contributed by atoms with E-state index in [1.165, 1.54) is 0 Å². The number of ether oxygens (including phenoxy) is 2. The van der Waals surface area contributed by atoms with E-state index in [0.29, 0.717) is 6.04 Å². The molecule has 0 saturated carbocycles. The highest BCUT2D eigenvalue weighted by Crippen LogP contribution is 2.35. The Morgan fingerprint density at radius 3 is 2.71 bits per heavy atom. The molecule has 118 valence electrons. The number of rotatable bonds is 3. The Hall–Kier alpha value is -0.670. The van der Waals surface area contributed by atoms with Crippen LogP contribution in [0, 0.1) is 11.3 Å². The summed E-state index contributed by atoms with van der Waals surface area (Å²) >= 11 is 0. The summed E-state index contributed by atoms with van der Waals surface area (Å²) in [5.74, 6) is 0. The van der Waals surface area contributed by atoms with E-state index in [-0.39, 0.29) is 11.6 Å². The molecule has 0 aromatic heterocycles. The molecular formula is C16H27N3O2. The number of nitriles is 1. The first-order valence-electron chi connectivity index (χ1n) is 8.36. The fourth-order valence-electron chi connectivity index (χ4n) is 4.02. The van der Waals surface area contributed by atoms with Crippen molar-refractivity contribution in [1.29, 1.82) is 5.26 Å². The van der Waals surface area contributed by atoms with Crippen molar-refractivity contribution < 1.29 is 9.47 Å². The monoisotopic (exact) mass is 293 g/mol. The van der Waals surface area contributed by atoms with Crippen LogP contribution in [0.5, 0.6) is 0 Å². The molecule has 5 nitrogen and oxygen atoms in total. The molecule has 3 saturated heterocycles. The van der Waals surface area contributed by atoms with Gasteiger partial charge >= 0.3 is 0 Å². The van der Waals surface area contributed by atoms with Gasteiger partial charge in [-0.15, -0.1) is 0 Å². The minimum Gasteiger partial charge on any atom is -0.378 e. The Morgan fingerprint density at radius 2 is 2.10 bits per heavy atom. The van der Waals surface area contributed by atoms with Crippen LogP contribution < -0.4 is 0 Å². The lowest BCUT2D eigenvalue weighted by atomic mass is 9.88. The maximum absolute atomic E-state index is 9.20. The predicted molar refractivity (Wildman–Crippen MR) is 80.0 cm³/mol. The highest BCUT2D eigenvalue weighted by atomic mass is 16.6. The molecule has 3 fully saturated rings. The van der Waals surface area contributed by atoms with Gasteiger partial charge in [0.25, 0.3) is 0 Å². The predicted octanol–water partition coefficient (Wildman–Crippen LogP) is 1.24. The SMILES string of the molecule is CCC(C#N)N1CCN(C2CCOC3(CCOC3)C2)CC1. The summed E-state index contributed by atoms with van der Waals surface area (Å²) in [4.78, 5) is 4.95. The average molecular weight is 293 g/mol. The van der Waals surface area contributed by atoms with E-state index in [1.807, 2.05) is 0 Å². The van der Waals surface area contributed by atoms with Crippen LogP contribution in [0.15, 0.2) is 0 Å². The van der Waals surface area contributed by atoms with Gasteiger partial charge in [-0.05, 0) is 19.3 Å². The fourth-order valence-corrected chi connectivity index (χ4v) is 4.02. The highest BCUT2D eigenvalue weighted by molar-refractivity contribution is 4.96. The molecule has 0 aromatic carbocycles. The van der Waals surface area contributed by atoms with Gasteiger partial charge in [0, 0.05) is 51.9 Å². The van der Waals surface area contributed by atoms with Crippen molar-refractivity contribution in [2.45, 2.75) is 50.3 Å². The molecule has 3 atom stereocenters. The average Bonchev–Trinajstić information content (AvgIpc) is 2.97. The zero-order valence-electron chi connectivity index (χ0n) is 13.1. The highest BCUT2D eigenvalue weighted by Gasteiger charge is 2.43. The van der Waals surface area contributed by atoms with Crippen LogP contribution in [0.2, 0.25) is 0 Å². The summed E-state index contributed by atoms with van der Waals surface area (Å²) in [6, 6.07) is 3.15. The first kappa shape index (κ1) is 15.2. The van der Waals surface area contributed by atoms with Crippen molar-refractivity contribution in [2.75, 3.05) is 46.0 Å². The third kappa shape index (κ3) is 3.24. The molecule has 21 heavy (non-hydrogen) atoms. The molecule has 0 radical (unpaired) electrons. The van der Waals surface area contributed by atoms with Crippen molar-refractivity contribution in [2.24, 2.45) is 0 Å². The Balaban J connectivity index is 1.53. The quantitative estimate of drug-likeness (QED) is 0.783. The van der Waals surface area contributed by atoms with Crippen molar-refractivity contribution in [1.82, 2.24) is 9.80 Å². The van der Waals surface area contributed by atoms with E-state index in [0.717, 1.165) is 71.7 Å². The maximum atomic E-state index is 9.20. The number of hydrogen-bond acceptors (Lipinski definition) is 5. The number of hydrogen-bond donors (Lipinski definition) is 0. The van der Waals surface area contributed by atoms with Crippen molar-refractivity contribution in [3.05, 3.63) is 0 Å². The second-order valence-corrected chi connectivity index (χ2v) is 6.61. The summed E-state index contributed by atoms with van der Waals surface area (Å²) in [7, 11) is 0. The van der Waals surface area contributed by atoms with Crippen LogP contribution in [0.25, 0.3) is 0 Å². The number of piperazine rings is 1. The van der Waals surface area contributed by atoms with Crippen LogP contribution in [0.4, 0.5) is 0 Å². The number of nitrogens with zero attached hydrogens (tertiary/aromatic N) is 3. The van der Waals surface area contributed by atoms with E-state index in [9.17, 15) is 5.26 Å². The summed E-state index contributed by atoms with van der Waals surface area (Å²) in [5, 5.41) is 9.20. The van der Waals surface area contributed by atoms with Crippen LogP contribution in [-0.4, -0.2) is 73.5 Å². The molecule has 1 spiro atoms. The summed E-state index contributed by atoms with van der Waals surface area (Å²) < 4.78 is 11.6. The van der Waals surface area contributed by atoms with Gasteiger partial charge in [0.2, 0.25) is 0 Å². The summed E-state index contributed by atoms with van der Waals surface area (Å²) in [6.45, 7) is 8.79. The van der Waals surface area contributed by atoms with Gasteiger partial charge in [-0.2, -0.15) is 5.26 Å². The van der Waals surface area contributed by atoms with Gasteiger partial charge in [-0.25, -0.2) is 0 Å². The maximum Gasteiger partial charge on any atom is 0.0976 e. The first-order valence-corrected chi connectivity index (χ1v) is 8.36. The molecular weight excluding hydrogens is 266 g/mol. The van der Waals surface area contributed by atoms with Crippen molar-refractivity contribution in [3.63, 3.8) is 0 Å². The fraction of sp³-hybridized carbons (Fsp3) is 0.938. The Bertz CT molecular complexity index is 381. The molecule has 3 aliphatic rings. The normalized spacial score (nSPS) is 36.7. The minimum absolute atomic E-state index is 0.00133. The van der Waals surface area contributed by atoms with E-state index in [2.05, 4.69) is 22.8 Å². The van der Waals surface area contributed by atoms with Gasteiger partial charge in [-0.1, -0.05) is 6.92 Å². The molecule has 0 aromatic rings. The van der Waals surface area contributed by atoms with Crippen LogP contribution >= 0.6 is 0 Å². The summed E-state index contributed by atoms with van der Waals surface area (Å²) in [5.41, 5.74) is -0.00133. The van der Waals surface area contributed by atoms with E-state index >= 15 is 0 Å². The smallest absolute Gasteiger partial charge is 0.0976 e. The second kappa shape index (κ2) is 6.62. The molecule has 0 bridgehead atoms. The standard InChI is InChI=1S/C16H27N3O2/c1-2-14(12-17)18-5-7-19(8-6-18)15-3-9-21-16(11-15)4-10-20-13-16/h14-15H,2-11,13H2,1H3. The van der Waals surface area contributed by atoms with E-state index < -0.39 is 0 Å². The van der Waals surface area contributed by atoms with E-state index in [1.54, 1.807) is 0 Å². The molecule has 5 heteroatoms. The molecule has 3 heterocycles. The zero-order valence-corrected chi connectivity index (χ0v) is 13.1. The molecule has 3 unspecified atom stereocenters. The molecule has 3 rings (SSSR count). The van der Waals surface area contributed by atoms with Crippen molar-refractivity contribution >= 4 is 0 Å². The molecule has 0 aliphatic carbocycles. The molecule has 0 amide bonds. The second-order valence-electron chi connectivity index (χ2n) is 6.61. The topological polar surface area (TPSA) is 48.7 Å². The zero-order chi connectivity index (χ0) is 14.7. The lowest BCUT2D eigenvalue weighted by molar-refractivity contribution is -0.110. The molecule has 3 aliphatic heterocycles. The Kier molecular flexibility index (Phi) is 4.80.